The molecule has 26 heavy (non-hydrogen) atoms. The van der Waals surface area contributed by atoms with E-state index in [9.17, 15) is 13.2 Å². The molecule has 138 valence electrons. The van der Waals surface area contributed by atoms with Gasteiger partial charge in [0, 0.05) is 25.8 Å². The predicted octanol–water partition coefficient (Wildman–Crippen LogP) is 2.41. The maximum Gasteiger partial charge on any atom is 0.253 e. The Bertz CT molecular complexity index is 856. The Morgan fingerprint density at radius 3 is 2.38 bits per heavy atom. The average molecular weight is 373 g/mol. The highest BCUT2D eigenvalue weighted by atomic mass is 32.2. The quantitative estimate of drug-likeness (QED) is 0.841. The van der Waals surface area contributed by atoms with Gasteiger partial charge in [0.1, 0.15) is 5.82 Å². The van der Waals surface area contributed by atoms with E-state index in [1.54, 1.807) is 43.5 Å². The molecular weight excluding hydrogens is 350 g/mol. The summed E-state index contributed by atoms with van der Waals surface area (Å²) in [5.41, 5.74) is 1.35. The van der Waals surface area contributed by atoms with Gasteiger partial charge in [0.2, 0.25) is 0 Å². The molecule has 0 aliphatic carbocycles. The number of nitrogens with zero attached hydrogens (tertiary/aromatic N) is 2. The average Bonchev–Trinajstić information content (AvgIpc) is 3.21. The lowest BCUT2D eigenvalue weighted by Crippen LogP contribution is -2.23. The van der Waals surface area contributed by atoms with Crippen LogP contribution in [0.15, 0.2) is 47.5 Å². The van der Waals surface area contributed by atoms with E-state index in [1.807, 2.05) is 6.07 Å². The van der Waals surface area contributed by atoms with Crippen molar-refractivity contribution in [2.75, 3.05) is 23.7 Å². The third kappa shape index (κ3) is 4.22. The number of sulfone groups is 1. The van der Waals surface area contributed by atoms with Gasteiger partial charge in [0.05, 0.1) is 16.2 Å². The lowest BCUT2D eigenvalue weighted by atomic mass is 10.2. The summed E-state index contributed by atoms with van der Waals surface area (Å²) >= 11 is 0. The van der Waals surface area contributed by atoms with Gasteiger partial charge in [0.25, 0.3) is 5.91 Å². The molecule has 1 aromatic carbocycles. The van der Waals surface area contributed by atoms with Gasteiger partial charge < -0.3 is 10.2 Å². The largest absolute Gasteiger partial charge is 0.357 e. The lowest BCUT2D eigenvalue weighted by Gasteiger charge is -2.16. The van der Waals surface area contributed by atoms with Gasteiger partial charge in [-0.05, 0) is 42.7 Å². The lowest BCUT2D eigenvalue weighted by molar-refractivity contribution is 0.0950. The number of benzene rings is 1. The molecule has 1 aromatic heterocycles. The van der Waals surface area contributed by atoms with Gasteiger partial charge in [-0.3, -0.25) is 4.79 Å². The molecule has 0 spiro atoms. The number of carbonyl (C=O) groups excluding carboxylic acids is 1. The molecule has 2 heterocycles. The maximum absolute atomic E-state index is 12.3. The number of amides is 1. The van der Waals surface area contributed by atoms with Gasteiger partial charge >= 0.3 is 0 Å². The molecule has 1 aliphatic heterocycles. The second-order valence-corrected chi connectivity index (χ2v) is 8.61. The number of pyridine rings is 1. The van der Waals surface area contributed by atoms with E-state index in [4.69, 9.17) is 0 Å². The van der Waals surface area contributed by atoms with E-state index < -0.39 is 9.84 Å². The summed E-state index contributed by atoms with van der Waals surface area (Å²) < 4.78 is 23.6. The number of nitrogens with one attached hydrogen (secondary N) is 1. The minimum Gasteiger partial charge on any atom is -0.357 e. The van der Waals surface area contributed by atoms with E-state index in [0.29, 0.717) is 17.0 Å². The molecule has 2 aromatic rings. The Balaban J connectivity index is 1.58. The molecule has 0 saturated carbocycles. The fraction of sp³-hybridized carbons (Fsp3) is 0.368. The summed E-state index contributed by atoms with van der Waals surface area (Å²) in [6, 6.07) is 10.3. The number of aromatic nitrogens is 1. The van der Waals surface area contributed by atoms with Gasteiger partial charge in [-0.1, -0.05) is 19.1 Å². The summed E-state index contributed by atoms with van der Waals surface area (Å²) in [5, 5.41) is 2.83. The minimum absolute atomic E-state index is 0.0729. The Morgan fingerprint density at radius 1 is 1.12 bits per heavy atom. The van der Waals surface area contributed by atoms with Crippen molar-refractivity contribution in [1.82, 2.24) is 10.3 Å². The van der Waals surface area contributed by atoms with Crippen LogP contribution in [0.5, 0.6) is 0 Å². The Morgan fingerprint density at radius 2 is 1.81 bits per heavy atom. The van der Waals surface area contributed by atoms with Gasteiger partial charge in [0.15, 0.2) is 9.84 Å². The van der Waals surface area contributed by atoms with Crippen LogP contribution >= 0.6 is 0 Å². The van der Waals surface area contributed by atoms with Crippen molar-refractivity contribution in [3.8, 4) is 0 Å². The van der Waals surface area contributed by atoms with Crippen molar-refractivity contribution >= 4 is 21.6 Å². The smallest absolute Gasteiger partial charge is 0.253 e. The first kappa shape index (κ1) is 18.4. The van der Waals surface area contributed by atoms with Crippen molar-refractivity contribution in [3.63, 3.8) is 0 Å². The number of hydrogen-bond donors (Lipinski definition) is 1. The van der Waals surface area contributed by atoms with Gasteiger partial charge in [-0.15, -0.1) is 0 Å². The van der Waals surface area contributed by atoms with E-state index in [-0.39, 0.29) is 11.7 Å². The predicted molar refractivity (Wildman–Crippen MR) is 101 cm³/mol. The zero-order valence-corrected chi connectivity index (χ0v) is 15.6. The fourth-order valence-electron chi connectivity index (χ4n) is 2.92. The van der Waals surface area contributed by atoms with Crippen molar-refractivity contribution in [1.29, 1.82) is 0 Å². The van der Waals surface area contributed by atoms with Crippen LogP contribution in [0.25, 0.3) is 0 Å². The standard InChI is InChI=1S/C19H23N3O3S/c1-2-26(24,25)17-8-5-15(6-9-17)13-21-19(23)16-7-10-18(20-14-16)22-11-3-4-12-22/h5-10,14H,2-4,11-13H2,1H3,(H,21,23). The monoisotopic (exact) mass is 373 g/mol. The molecule has 0 radical (unpaired) electrons. The molecular formula is C19H23N3O3S. The summed E-state index contributed by atoms with van der Waals surface area (Å²) in [7, 11) is -3.20. The Hall–Kier alpha value is -2.41. The summed E-state index contributed by atoms with van der Waals surface area (Å²) in [6.45, 7) is 3.98. The summed E-state index contributed by atoms with van der Waals surface area (Å²) in [5.74, 6) is 0.784. The first-order valence-electron chi connectivity index (χ1n) is 8.80. The highest BCUT2D eigenvalue weighted by molar-refractivity contribution is 7.91. The van der Waals surface area contributed by atoms with Crippen molar-refractivity contribution in [2.24, 2.45) is 0 Å². The van der Waals surface area contributed by atoms with Crippen LogP contribution in [-0.4, -0.2) is 38.2 Å². The van der Waals surface area contributed by atoms with Gasteiger partial charge in [-0.25, -0.2) is 13.4 Å². The third-order valence-corrected chi connectivity index (χ3v) is 6.31. The molecule has 1 N–H and O–H groups in total. The van der Waals surface area contributed by atoms with Crippen LogP contribution in [0, 0.1) is 0 Å². The molecule has 7 heteroatoms. The SMILES string of the molecule is CCS(=O)(=O)c1ccc(CNC(=O)c2ccc(N3CCCC3)nc2)cc1. The molecule has 1 amide bonds. The zero-order valence-electron chi connectivity index (χ0n) is 14.8. The second-order valence-electron chi connectivity index (χ2n) is 6.33. The molecule has 1 aliphatic rings. The van der Waals surface area contributed by atoms with E-state index in [2.05, 4.69) is 15.2 Å². The topological polar surface area (TPSA) is 79.4 Å². The summed E-state index contributed by atoms with van der Waals surface area (Å²) in [4.78, 5) is 19.2. The first-order valence-corrected chi connectivity index (χ1v) is 10.5. The maximum atomic E-state index is 12.3. The van der Waals surface area contributed by atoms with Crippen LogP contribution < -0.4 is 10.2 Å². The molecule has 6 nitrogen and oxygen atoms in total. The minimum atomic E-state index is -3.20. The Labute approximate surface area is 154 Å². The van der Waals surface area contributed by atoms with E-state index in [1.165, 1.54) is 12.8 Å². The Kier molecular flexibility index (Phi) is 5.56. The van der Waals surface area contributed by atoms with Crippen LogP contribution in [0.2, 0.25) is 0 Å². The molecule has 1 saturated heterocycles. The highest BCUT2D eigenvalue weighted by Crippen LogP contribution is 2.17. The molecule has 0 unspecified atom stereocenters. The number of carbonyl (C=O) groups is 1. The zero-order chi connectivity index (χ0) is 18.6. The van der Waals surface area contributed by atoms with Crippen LogP contribution in [0.4, 0.5) is 5.82 Å². The highest BCUT2D eigenvalue weighted by Gasteiger charge is 2.14. The van der Waals surface area contributed by atoms with E-state index in [0.717, 1.165) is 24.5 Å². The molecule has 0 atom stereocenters. The molecule has 3 rings (SSSR count). The first-order chi connectivity index (χ1) is 12.5. The number of anilines is 1. The van der Waals surface area contributed by atoms with Crippen LogP contribution in [0.1, 0.15) is 35.7 Å². The number of rotatable bonds is 6. The fourth-order valence-corrected chi connectivity index (χ4v) is 3.80. The second kappa shape index (κ2) is 7.86. The van der Waals surface area contributed by atoms with Gasteiger partial charge in [-0.2, -0.15) is 0 Å². The normalized spacial score (nSPS) is 14.4. The third-order valence-electron chi connectivity index (χ3n) is 4.56. The summed E-state index contributed by atoms with van der Waals surface area (Å²) in [6.07, 6.45) is 3.96. The molecule has 1 fully saturated rings. The molecule has 0 bridgehead atoms. The van der Waals surface area contributed by atoms with E-state index >= 15 is 0 Å². The van der Waals surface area contributed by atoms with Crippen LogP contribution in [0.3, 0.4) is 0 Å². The number of hydrogen-bond acceptors (Lipinski definition) is 5. The van der Waals surface area contributed by atoms with Crippen molar-refractivity contribution in [2.45, 2.75) is 31.2 Å². The van der Waals surface area contributed by atoms with Crippen molar-refractivity contribution in [3.05, 3.63) is 53.7 Å². The van der Waals surface area contributed by atoms with Crippen LogP contribution in [-0.2, 0) is 16.4 Å². The van der Waals surface area contributed by atoms with Crippen molar-refractivity contribution < 1.29 is 13.2 Å².